The molecule has 114 valence electrons. The largest absolute Gasteiger partial charge is 0.478 e. The fourth-order valence-electron chi connectivity index (χ4n) is 2.81. The van der Waals surface area contributed by atoms with Crippen LogP contribution >= 0.6 is 0 Å². The summed E-state index contributed by atoms with van der Waals surface area (Å²) in [5.41, 5.74) is 0.616. The summed E-state index contributed by atoms with van der Waals surface area (Å²) in [4.78, 5) is 17.4. The van der Waals surface area contributed by atoms with E-state index in [2.05, 4.69) is 9.89 Å². The highest BCUT2D eigenvalue weighted by atomic mass is 16.5. The first kappa shape index (κ1) is 16.7. The molecule has 0 bridgehead atoms. The van der Waals surface area contributed by atoms with Gasteiger partial charge >= 0.3 is 5.97 Å². The first-order chi connectivity index (χ1) is 9.62. The summed E-state index contributed by atoms with van der Waals surface area (Å²) >= 11 is 0. The van der Waals surface area contributed by atoms with E-state index in [1.54, 1.807) is 20.0 Å². The molecule has 2 heterocycles. The van der Waals surface area contributed by atoms with Gasteiger partial charge in [0.15, 0.2) is 0 Å². The summed E-state index contributed by atoms with van der Waals surface area (Å²) in [5.74, 6) is -0.312. The molecule has 1 spiro atoms. The third kappa shape index (κ3) is 3.39. The first-order valence-corrected chi connectivity index (χ1v) is 7.31. The molecule has 0 atom stereocenters. The van der Waals surface area contributed by atoms with Crippen molar-refractivity contribution in [3.8, 4) is 0 Å². The number of nitrogens with zero attached hydrogens (tertiary/aromatic N) is 2. The van der Waals surface area contributed by atoms with E-state index < -0.39 is 5.97 Å². The van der Waals surface area contributed by atoms with Crippen LogP contribution in [0.4, 0.5) is 0 Å². The second-order valence-corrected chi connectivity index (χ2v) is 5.02. The number of carboxylic acids is 1. The maximum Gasteiger partial charge on any atom is 0.339 e. The smallest absolute Gasteiger partial charge is 0.339 e. The lowest BCUT2D eigenvalue weighted by Gasteiger charge is -2.53. The molecular formula is C15H26N2O3. The van der Waals surface area contributed by atoms with Gasteiger partial charge in [0, 0.05) is 38.8 Å². The Kier molecular flexibility index (Phi) is 6.20. The van der Waals surface area contributed by atoms with E-state index in [0.29, 0.717) is 16.8 Å². The lowest BCUT2D eigenvalue weighted by atomic mass is 9.73. The molecular weight excluding hydrogens is 256 g/mol. The van der Waals surface area contributed by atoms with Crippen LogP contribution in [-0.4, -0.2) is 55.2 Å². The fraction of sp³-hybridized carbons (Fsp3) is 0.733. The third-order valence-corrected chi connectivity index (χ3v) is 3.88. The van der Waals surface area contributed by atoms with E-state index in [4.69, 9.17) is 9.84 Å². The number of hydrogen-bond acceptors (Lipinski definition) is 3. The van der Waals surface area contributed by atoms with Gasteiger partial charge in [0.25, 0.3) is 0 Å². The molecule has 2 rings (SSSR count). The second kappa shape index (κ2) is 7.43. The fourth-order valence-corrected chi connectivity index (χ4v) is 2.81. The van der Waals surface area contributed by atoms with Gasteiger partial charge in [0.1, 0.15) is 5.84 Å². The van der Waals surface area contributed by atoms with E-state index >= 15 is 0 Å². The summed E-state index contributed by atoms with van der Waals surface area (Å²) in [6.07, 6.45) is 3.75. The molecule has 0 aromatic heterocycles. The molecule has 2 aliphatic rings. The van der Waals surface area contributed by atoms with Crippen molar-refractivity contribution in [2.24, 2.45) is 10.4 Å². The van der Waals surface area contributed by atoms with E-state index in [1.165, 1.54) is 0 Å². The highest BCUT2D eigenvalue weighted by Crippen LogP contribution is 2.40. The number of likely N-dealkylation sites (tertiary alicyclic amines) is 1. The quantitative estimate of drug-likeness (QED) is 0.479. The Bertz CT molecular complexity index is 388. The summed E-state index contributed by atoms with van der Waals surface area (Å²) in [6.45, 7) is 9.17. The maximum absolute atomic E-state index is 11.1. The molecule has 0 aromatic carbocycles. The van der Waals surface area contributed by atoms with Crippen molar-refractivity contribution in [1.82, 2.24) is 4.90 Å². The second-order valence-electron chi connectivity index (χ2n) is 5.02. The van der Waals surface area contributed by atoms with Gasteiger partial charge in [-0.3, -0.25) is 4.99 Å². The number of carboxylic acid groups (broad SMARTS) is 1. The maximum atomic E-state index is 11.1. The topological polar surface area (TPSA) is 62.1 Å². The summed E-state index contributed by atoms with van der Waals surface area (Å²) in [6, 6.07) is 0. The number of ether oxygens (including phenoxy) is 1. The first-order valence-electron chi connectivity index (χ1n) is 7.31. The molecule has 0 aromatic rings. The van der Waals surface area contributed by atoms with Gasteiger partial charge in [-0.15, -0.1) is 0 Å². The van der Waals surface area contributed by atoms with Crippen molar-refractivity contribution >= 4 is 11.8 Å². The van der Waals surface area contributed by atoms with E-state index in [-0.39, 0.29) is 0 Å². The van der Waals surface area contributed by atoms with Gasteiger partial charge < -0.3 is 14.7 Å². The minimum atomic E-state index is -0.911. The molecule has 5 heteroatoms. The Hall–Kier alpha value is -1.36. The number of amidine groups is 1. The summed E-state index contributed by atoms with van der Waals surface area (Å²) in [7, 11) is 1.65. The van der Waals surface area contributed by atoms with Gasteiger partial charge in [-0.05, 0) is 19.8 Å². The molecule has 20 heavy (non-hydrogen) atoms. The molecule has 2 saturated heterocycles. The van der Waals surface area contributed by atoms with Gasteiger partial charge in [0.2, 0.25) is 0 Å². The number of aliphatic carboxylic acids is 1. The van der Waals surface area contributed by atoms with Crippen LogP contribution < -0.4 is 0 Å². The molecule has 0 saturated carbocycles. The van der Waals surface area contributed by atoms with Crippen molar-refractivity contribution in [3.63, 3.8) is 0 Å². The molecule has 0 unspecified atom stereocenters. The number of carbonyl (C=O) groups is 1. The van der Waals surface area contributed by atoms with Crippen LogP contribution in [-0.2, 0) is 9.53 Å². The molecule has 2 aliphatic heterocycles. The predicted molar refractivity (Wildman–Crippen MR) is 80.2 cm³/mol. The number of hydrogen-bond donors (Lipinski definition) is 1. The van der Waals surface area contributed by atoms with Crippen LogP contribution in [0.1, 0.15) is 33.6 Å². The Labute approximate surface area is 121 Å². The molecule has 2 fully saturated rings. The van der Waals surface area contributed by atoms with Crippen molar-refractivity contribution in [2.75, 3.05) is 33.4 Å². The van der Waals surface area contributed by atoms with Crippen LogP contribution in [0.5, 0.6) is 0 Å². The SMILES string of the molecule is C/C=C(/C(=O)O)C(=NC)N1CC2(CCOCC2)C1.CC. The number of aliphatic imine (C=N–C) groups is 1. The Balaban J connectivity index is 0.000000956. The van der Waals surface area contributed by atoms with Crippen molar-refractivity contribution in [3.05, 3.63) is 11.6 Å². The average molecular weight is 282 g/mol. The zero-order chi connectivity index (χ0) is 15.2. The van der Waals surface area contributed by atoms with Crippen LogP contribution in [0.15, 0.2) is 16.6 Å². The van der Waals surface area contributed by atoms with Gasteiger partial charge in [-0.25, -0.2) is 4.79 Å². The highest BCUT2D eigenvalue weighted by molar-refractivity contribution is 6.18. The molecule has 5 nitrogen and oxygen atoms in total. The standard InChI is InChI=1S/C13H20N2O3.C2H6/c1-3-10(12(16)17)11(14-2)15-8-13(9-15)4-6-18-7-5-13;1-2/h3H,4-9H2,1-2H3,(H,16,17);1-2H3/b10-3+,14-11?;. The van der Waals surface area contributed by atoms with Crippen LogP contribution in [0.3, 0.4) is 0 Å². The minimum absolute atomic E-state index is 0.291. The van der Waals surface area contributed by atoms with Crippen LogP contribution in [0.2, 0.25) is 0 Å². The van der Waals surface area contributed by atoms with E-state index in [0.717, 1.165) is 39.1 Å². The Morgan fingerprint density at radius 1 is 1.30 bits per heavy atom. The van der Waals surface area contributed by atoms with Crippen molar-refractivity contribution in [2.45, 2.75) is 33.6 Å². The van der Waals surface area contributed by atoms with Crippen molar-refractivity contribution in [1.29, 1.82) is 0 Å². The average Bonchev–Trinajstić information content (AvgIpc) is 2.45. The van der Waals surface area contributed by atoms with Crippen LogP contribution in [0, 0.1) is 5.41 Å². The monoisotopic (exact) mass is 282 g/mol. The van der Waals surface area contributed by atoms with Gasteiger partial charge in [-0.1, -0.05) is 19.9 Å². The lowest BCUT2D eigenvalue weighted by molar-refractivity contribution is -0.132. The molecule has 0 amide bonds. The molecule has 0 aliphatic carbocycles. The third-order valence-electron chi connectivity index (χ3n) is 3.88. The lowest BCUT2D eigenvalue weighted by Crippen LogP contribution is -2.60. The number of allylic oxidation sites excluding steroid dienone is 1. The zero-order valence-electron chi connectivity index (χ0n) is 13.0. The highest BCUT2D eigenvalue weighted by Gasteiger charge is 2.45. The zero-order valence-corrected chi connectivity index (χ0v) is 13.0. The summed E-state index contributed by atoms with van der Waals surface area (Å²) < 4.78 is 5.38. The summed E-state index contributed by atoms with van der Waals surface area (Å²) in [5, 5.41) is 9.15. The molecule has 1 N–H and O–H groups in total. The Morgan fingerprint density at radius 3 is 2.25 bits per heavy atom. The van der Waals surface area contributed by atoms with Crippen LogP contribution in [0.25, 0.3) is 0 Å². The predicted octanol–water partition coefficient (Wildman–Crippen LogP) is 2.18. The molecule has 0 radical (unpaired) electrons. The number of rotatable bonds is 2. The minimum Gasteiger partial charge on any atom is -0.478 e. The van der Waals surface area contributed by atoms with Gasteiger partial charge in [0.05, 0.1) is 5.57 Å². The van der Waals surface area contributed by atoms with E-state index in [9.17, 15) is 4.79 Å². The van der Waals surface area contributed by atoms with E-state index in [1.807, 2.05) is 13.8 Å². The normalized spacial score (nSPS) is 21.9. The Morgan fingerprint density at radius 2 is 1.85 bits per heavy atom. The van der Waals surface area contributed by atoms with Crippen molar-refractivity contribution < 1.29 is 14.6 Å². The van der Waals surface area contributed by atoms with Gasteiger partial charge in [-0.2, -0.15) is 0 Å².